The van der Waals surface area contributed by atoms with Gasteiger partial charge in [-0.2, -0.15) is 4.98 Å². The second kappa shape index (κ2) is 8.56. The number of benzene rings is 1. The lowest BCUT2D eigenvalue weighted by atomic mass is 10.2. The monoisotopic (exact) mass is 422 g/mol. The van der Waals surface area contributed by atoms with Crippen molar-refractivity contribution in [1.82, 2.24) is 19.5 Å². The maximum Gasteiger partial charge on any atom is 0.303 e. The average molecular weight is 422 g/mol. The molecule has 0 radical (unpaired) electrons. The molecule has 0 spiro atoms. The van der Waals surface area contributed by atoms with Crippen LogP contribution in [0.4, 0.5) is 30.8 Å². The largest absolute Gasteiger partial charge is 0.481 e. The van der Waals surface area contributed by atoms with Gasteiger partial charge in [0.05, 0.1) is 6.20 Å². The molecular weight excluding hydrogens is 401 g/mol. The van der Waals surface area contributed by atoms with Gasteiger partial charge in [0.15, 0.2) is 17.3 Å². The SMILES string of the molecule is CC(C)Nc1ncc2nc(Nc3c(F)cc(F)cc3F)n([C@H](C)CCC(=O)O)c2n1. The molecule has 0 aliphatic rings. The third kappa shape index (κ3) is 4.61. The second-order valence-electron chi connectivity index (χ2n) is 7.16. The molecule has 1 aromatic carbocycles. The van der Waals surface area contributed by atoms with Gasteiger partial charge in [0.1, 0.15) is 17.0 Å². The van der Waals surface area contributed by atoms with Crippen LogP contribution in [0.15, 0.2) is 18.3 Å². The van der Waals surface area contributed by atoms with E-state index in [1.165, 1.54) is 6.20 Å². The topological polar surface area (TPSA) is 105 Å². The number of anilines is 3. The Bertz CT molecular complexity index is 1060. The fourth-order valence-electron chi connectivity index (χ4n) is 2.96. The fraction of sp³-hybridized carbons (Fsp3) is 0.368. The number of hydrogen-bond donors (Lipinski definition) is 3. The van der Waals surface area contributed by atoms with Crippen LogP contribution in [0.1, 0.15) is 39.7 Å². The number of carbonyl (C=O) groups is 1. The van der Waals surface area contributed by atoms with Gasteiger partial charge in [0.2, 0.25) is 11.9 Å². The molecule has 11 heteroatoms. The molecule has 160 valence electrons. The number of hydrogen-bond acceptors (Lipinski definition) is 6. The molecule has 0 fully saturated rings. The summed E-state index contributed by atoms with van der Waals surface area (Å²) < 4.78 is 43.1. The molecule has 0 saturated carbocycles. The van der Waals surface area contributed by atoms with Gasteiger partial charge in [-0.15, -0.1) is 0 Å². The van der Waals surface area contributed by atoms with E-state index in [1.807, 2.05) is 13.8 Å². The maximum atomic E-state index is 14.2. The maximum absolute atomic E-state index is 14.2. The van der Waals surface area contributed by atoms with Gasteiger partial charge in [-0.05, 0) is 27.2 Å². The van der Waals surface area contributed by atoms with Gasteiger partial charge in [0.25, 0.3) is 0 Å². The molecule has 1 atom stereocenters. The summed E-state index contributed by atoms with van der Waals surface area (Å²) in [4.78, 5) is 23.9. The molecule has 8 nitrogen and oxygen atoms in total. The summed E-state index contributed by atoms with van der Waals surface area (Å²) in [5.74, 6) is -3.92. The summed E-state index contributed by atoms with van der Waals surface area (Å²) in [5.41, 5.74) is 0.125. The number of nitrogens with zero attached hydrogens (tertiary/aromatic N) is 4. The van der Waals surface area contributed by atoms with Crippen molar-refractivity contribution in [3.05, 3.63) is 35.8 Å². The zero-order valence-corrected chi connectivity index (χ0v) is 16.6. The fourth-order valence-corrected chi connectivity index (χ4v) is 2.96. The summed E-state index contributed by atoms with van der Waals surface area (Å²) in [6.07, 6.45) is 1.55. The van der Waals surface area contributed by atoms with Crippen molar-refractivity contribution in [1.29, 1.82) is 0 Å². The summed E-state index contributed by atoms with van der Waals surface area (Å²) >= 11 is 0. The molecule has 0 unspecified atom stereocenters. The minimum Gasteiger partial charge on any atom is -0.481 e. The van der Waals surface area contributed by atoms with Crippen LogP contribution in [-0.2, 0) is 4.79 Å². The van der Waals surface area contributed by atoms with Gasteiger partial charge in [-0.1, -0.05) is 0 Å². The van der Waals surface area contributed by atoms with Crippen molar-refractivity contribution in [2.45, 2.75) is 45.7 Å². The summed E-state index contributed by atoms with van der Waals surface area (Å²) in [7, 11) is 0. The lowest BCUT2D eigenvalue weighted by Crippen LogP contribution is -2.14. The molecule has 2 heterocycles. The van der Waals surface area contributed by atoms with Crippen molar-refractivity contribution in [3.8, 4) is 0 Å². The zero-order valence-electron chi connectivity index (χ0n) is 16.6. The zero-order chi connectivity index (χ0) is 22.0. The van der Waals surface area contributed by atoms with Crippen LogP contribution in [0.3, 0.4) is 0 Å². The van der Waals surface area contributed by atoms with Crippen molar-refractivity contribution in [2.24, 2.45) is 0 Å². The highest BCUT2D eigenvalue weighted by molar-refractivity contribution is 5.77. The highest BCUT2D eigenvalue weighted by atomic mass is 19.1. The summed E-state index contributed by atoms with van der Waals surface area (Å²) in [6, 6.07) is 0.734. The number of nitrogens with one attached hydrogen (secondary N) is 2. The number of fused-ring (bicyclic) bond motifs is 1. The number of carboxylic acids is 1. The molecule has 0 saturated heterocycles. The predicted octanol–water partition coefficient (Wildman–Crippen LogP) is 4.23. The van der Waals surface area contributed by atoms with E-state index in [1.54, 1.807) is 11.5 Å². The van der Waals surface area contributed by atoms with Crippen molar-refractivity contribution < 1.29 is 23.1 Å². The predicted molar refractivity (Wildman–Crippen MR) is 105 cm³/mol. The van der Waals surface area contributed by atoms with Crippen molar-refractivity contribution in [3.63, 3.8) is 0 Å². The van der Waals surface area contributed by atoms with E-state index in [-0.39, 0.29) is 24.8 Å². The van der Waals surface area contributed by atoms with E-state index >= 15 is 0 Å². The molecule has 0 aliphatic heterocycles. The Balaban J connectivity index is 2.10. The molecule has 3 aromatic rings. The smallest absolute Gasteiger partial charge is 0.303 e. The van der Waals surface area contributed by atoms with Crippen molar-refractivity contribution in [2.75, 3.05) is 10.6 Å². The van der Waals surface area contributed by atoms with E-state index in [4.69, 9.17) is 5.11 Å². The van der Waals surface area contributed by atoms with Crippen molar-refractivity contribution >= 4 is 34.7 Å². The first-order chi connectivity index (χ1) is 14.2. The number of halogens is 3. The second-order valence-corrected chi connectivity index (χ2v) is 7.16. The quantitative estimate of drug-likeness (QED) is 0.499. The molecule has 0 amide bonds. The van der Waals surface area contributed by atoms with E-state index in [0.29, 0.717) is 29.2 Å². The number of aliphatic carboxylic acids is 1. The average Bonchev–Trinajstić information content (AvgIpc) is 2.99. The van der Waals surface area contributed by atoms with Crippen LogP contribution >= 0.6 is 0 Å². The number of imidazole rings is 1. The summed E-state index contributed by atoms with van der Waals surface area (Å²) in [5, 5.41) is 14.6. The molecular formula is C19H21F3N6O2. The third-order valence-electron chi connectivity index (χ3n) is 4.31. The highest BCUT2D eigenvalue weighted by Crippen LogP contribution is 2.30. The summed E-state index contributed by atoms with van der Waals surface area (Å²) in [6.45, 7) is 5.56. The van der Waals surface area contributed by atoms with Crippen LogP contribution in [-0.4, -0.2) is 36.6 Å². The highest BCUT2D eigenvalue weighted by Gasteiger charge is 2.22. The Morgan fingerprint density at radius 1 is 1.17 bits per heavy atom. The Morgan fingerprint density at radius 3 is 2.43 bits per heavy atom. The first-order valence-corrected chi connectivity index (χ1v) is 9.30. The first kappa shape index (κ1) is 21.3. The van der Waals surface area contributed by atoms with Crippen LogP contribution in [0.5, 0.6) is 0 Å². The van der Waals surface area contributed by atoms with Crippen LogP contribution in [0.25, 0.3) is 11.2 Å². The van der Waals surface area contributed by atoms with Gasteiger partial charge in [0, 0.05) is 30.6 Å². The molecule has 3 rings (SSSR count). The van der Waals surface area contributed by atoms with E-state index in [0.717, 1.165) is 0 Å². The molecule has 3 N–H and O–H groups in total. The Morgan fingerprint density at radius 2 is 1.83 bits per heavy atom. The van der Waals surface area contributed by atoms with Crippen LogP contribution in [0.2, 0.25) is 0 Å². The number of carboxylic acid groups (broad SMARTS) is 1. The number of rotatable bonds is 8. The normalized spacial score (nSPS) is 12.4. The van der Waals surface area contributed by atoms with Gasteiger partial charge in [-0.25, -0.2) is 23.1 Å². The van der Waals surface area contributed by atoms with Gasteiger partial charge in [-0.3, -0.25) is 9.36 Å². The third-order valence-corrected chi connectivity index (χ3v) is 4.31. The van der Waals surface area contributed by atoms with E-state index < -0.39 is 35.2 Å². The molecule has 2 aromatic heterocycles. The first-order valence-electron chi connectivity index (χ1n) is 9.30. The lowest BCUT2D eigenvalue weighted by Gasteiger charge is -2.18. The lowest BCUT2D eigenvalue weighted by molar-refractivity contribution is -0.137. The molecule has 0 bridgehead atoms. The van der Waals surface area contributed by atoms with E-state index in [9.17, 15) is 18.0 Å². The minimum atomic E-state index is -1.13. The van der Waals surface area contributed by atoms with E-state index in [2.05, 4.69) is 25.6 Å². The molecule has 30 heavy (non-hydrogen) atoms. The Kier molecular flexibility index (Phi) is 6.09. The van der Waals surface area contributed by atoms with Crippen LogP contribution < -0.4 is 10.6 Å². The Labute approximate surface area is 170 Å². The Hall–Kier alpha value is -3.37. The number of aromatic nitrogens is 4. The minimum absolute atomic E-state index is 0.0308. The van der Waals surface area contributed by atoms with Gasteiger partial charge >= 0.3 is 5.97 Å². The van der Waals surface area contributed by atoms with Gasteiger partial charge < -0.3 is 15.7 Å². The molecule has 0 aliphatic carbocycles. The standard InChI is InChI=1S/C19H21F3N6O2/c1-9(2)24-18-23-8-14-17(27-18)28(10(3)4-5-15(29)30)19(25-14)26-16-12(21)6-11(20)7-13(16)22/h6-10H,4-5H2,1-3H3,(H,25,26)(H,29,30)(H,23,24,27)/t10-/m1/s1. The van der Waals surface area contributed by atoms with Crippen LogP contribution in [0, 0.1) is 17.5 Å².